The van der Waals surface area contributed by atoms with E-state index in [4.69, 9.17) is 4.74 Å². The molecule has 0 aromatic heterocycles. The SMILES string of the molecule is CC(=O)OCCSC(C)(C)C1=CC[C@H](C)CC1. The Morgan fingerprint density at radius 2 is 2.29 bits per heavy atom. The number of carbonyl (C=O) groups excluding carboxylic acids is 1. The second-order valence-corrected chi connectivity index (χ2v) is 7.03. The molecule has 0 saturated heterocycles. The quantitative estimate of drug-likeness (QED) is 0.425. The number of hydrogen-bond donors (Lipinski definition) is 0. The number of ether oxygens (including phenoxy) is 1. The molecule has 0 unspecified atom stereocenters. The predicted octanol–water partition coefficient (Wildman–Crippen LogP) is 3.81. The summed E-state index contributed by atoms with van der Waals surface area (Å²) in [4.78, 5) is 10.7. The van der Waals surface area contributed by atoms with Crippen LogP contribution in [0.15, 0.2) is 11.6 Å². The van der Waals surface area contributed by atoms with E-state index in [1.165, 1.54) is 26.2 Å². The molecule has 0 spiro atoms. The zero-order chi connectivity index (χ0) is 12.9. The van der Waals surface area contributed by atoms with E-state index in [2.05, 4.69) is 26.8 Å². The molecular weight excluding hydrogens is 232 g/mol. The van der Waals surface area contributed by atoms with Gasteiger partial charge in [0.25, 0.3) is 0 Å². The van der Waals surface area contributed by atoms with Crippen molar-refractivity contribution in [1.29, 1.82) is 0 Å². The summed E-state index contributed by atoms with van der Waals surface area (Å²) in [5, 5.41) is 0. The van der Waals surface area contributed by atoms with Gasteiger partial charge in [0.2, 0.25) is 0 Å². The minimum Gasteiger partial charge on any atom is -0.465 e. The lowest BCUT2D eigenvalue weighted by Crippen LogP contribution is -2.22. The first kappa shape index (κ1) is 14.6. The third kappa shape index (κ3) is 5.15. The van der Waals surface area contributed by atoms with E-state index in [1.54, 1.807) is 5.57 Å². The lowest BCUT2D eigenvalue weighted by Gasteiger charge is -2.31. The van der Waals surface area contributed by atoms with E-state index >= 15 is 0 Å². The van der Waals surface area contributed by atoms with Crippen molar-refractivity contribution in [3.8, 4) is 0 Å². The Labute approximate surface area is 109 Å². The Bertz CT molecular complexity index is 295. The van der Waals surface area contributed by atoms with Gasteiger partial charge in [0.1, 0.15) is 6.61 Å². The van der Waals surface area contributed by atoms with Gasteiger partial charge < -0.3 is 4.74 Å². The third-order valence-electron chi connectivity index (χ3n) is 3.30. The fourth-order valence-electron chi connectivity index (χ4n) is 2.09. The molecule has 1 aliphatic carbocycles. The van der Waals surface area contributed by atoms with Gasteiger partial charge in [-0.2, -0.15) is 0 Å². The van der Waals surface area contributed by atoms with Crippen LogP contribution in [0.1, 0.15) is 47.0 Å². The number of thioether (sulfide) groups is 1. The maximum Gasteiger partial charge on any atom is 0.302 e. The average molecular weight is 256 g/mol. The Hall–Kier alpha value is -0.440. The summed E-state index contributed by atoms with van der Waals surface area (Å²) in [5.41, 5.74) is 1.56. The summed E-state index contributed by atoms with van der Waals surface area (Å²) in [6, 6.07) is 0. The molecule has 1 rings (SSSR count). The number of esters is 1. The molecule has 0 radical (unpaired) electrons. The first-order valence-electron chi connectivity index (χ1n) is 6.38. The van der Waals surface area contributed by atoms with Crippen LogP contribution in [0.4, 0.5) is 0 Å². The Morgan fingerprint density at radius 3 is 2.82 bits per heavy atom. The highest BCUT2D eigenvalue weighted by molar-refractivity contribution is 8.00. The summed E-state index contributed by atoms with van der Waals surface area (Å²) < 4.78 is 5.14. The maximum atomic E-state index is 10.7. The molecule has 1 atom stereocenters. The van der Waals surface area contributed by atoms with Crippen LogP contribution in [0.5, 0.6) is 0 Å². The van der Waals surface area contributed by atoms with Crippen molar-refractivity contribution < 1.29 is 9.53 Å². The van der Waals surface area contributed by atoms with Crippen LogP contribution in [0, 0.1) is 5.92 Å². The van der Waals surface area contributed by atoms with Crippen LogP contribution in [0.25, 0.3) is 0 Å². The molecule has 0 bridgehead atoms. The van der Waals surface area contributed by atoms with Gasteiger partial charge in [0, 0.05) is 17.4 Å². The molecule has 0 N–H and O–H groups in total. The summed E-state index contributed by atoms with van der Waals surface area (Å²) >= 11 is 1.88. The Morgan fingerprint density at radius 1 is 1.59 bits per heavy atom. The van der Waals surface area contributed by atoms with Gasteiger partial charge in [0.05, 0.1) is 0 Å². The zero-order valence-electron chi connectivity index (χ0n) is 11.4. The molecule has 98 valence electrons. The summed E-state index contributed by atoms with van der Waals surface area (Å²) in [6.07, 6.45) is 6.14. The molecule has 0 amide bonds. The molecule has 1 aliphatic rings. The monoisotopic (exact) mass is 256 g/mol. The largest absolute Gasteiger partial charge is 0.465 e. The zero-order valence-corrected chi connectivity index (χ0v) is 12.2. The van der Waals surface area contributed by atoms with E-state index in [1.807, 2.05) is 11.8 Å². The van der Waals surface area contributed by atoms with Crippen molar-refractivity contribution in [2.75, 3.05) is 12.4 Å². The van der Waals surface area contributed by atoms with E-state index in [0.717, 1.165) is 11.7 Å². The number of hydrogen-bond acceptors (Lipinski definition) is 3. The standard InChI is InChI=1S/C14H24O2S/c1-11-5-7-13(8-6-11)14(3,4)17-10-9-16-12(2)15/h7,11H,5-6,8-10H2,1-4H3/t11-/m0/s1. The minimum absolute atomic E-state index is 0.181. The summed E-state index contributed by atoms with van der Waals surface area (Å²) in [6.45, 7) is 8.84. The van der Waals surface area contributed by atoms with Gasteiger partial charge in [0.15, 0.2) is 0 Å². The predicted molar refractivity (Wildman–Crippen MR) is 74.3 cm³/mol. The van der Waals surface area contributed by atoms with Crippen molar-refractivity contribution in [2.24, 2.45) is 5.92 Å². The second kappa shape index (κ2) is 6.48. The Balaban J connectivity index is 2.37. The third-order valence-corrected chi connectivity index (χ3v) is 4.65. The molecular formula is C14H24O2S. The molecule has 0 heterocycles. The van der Waals surface area contributed by atoms with Crippen molar-refractivity contribution in [1.82, 2.24) is 0 Å². The fraction of sp³-hybridized carbons (Fsp3) is 0.786. The lowest BCUT2D eigenvalue weighted by molar-refractivity contribution is -0.140. The maximum absolute atomic E-state index is 10.7. The van der Waals surface area contributed by atoms with Crippen molar-refractivity contribution >= 4 is 17.7 Å². The summed E-state index contributed by atoms with van der Waals surface area (Å²) in [7, 11) is 0. The van der Waals surface area contributed by atoms with Crippen molar-refractivity contribution in [3.63, 3.8) is 0 Å². The number of allylic oxidation sites excluding steroid dienone is 1. The second-order valence-electron chi connectivity index (χ2n) is 5.31. The van der Waals surface area contributed by atoms with Crippen LogP contribution in [0.3, 0.4) is 0 Å². The van der Waals surface area contributed by atoms with Gasteiger partial charge in [-0.3, -0.25) is 4.79 Å². The molecule has 0 fully saturated rings. The van der Waals surface area contributed by atoms with Crippen LogP contribution >= 0.6 is 11.8 Å². The van der Waals surface area contributed by atoms with Crippen LogP contribution in [-0.4, -0.2) is 23.1 Å². The minimum atomic E-state index is -0.186. The molecule has 0 aromatic rings. The highest BCUT2D eigenvalue weighted by Gasteiger charge is 2.25. The lowest BCUT2D eigenvalue weighted by atomic mass is 9.86. The van der Waals surface area contributed by atoms with E-state index in [0.29, 0.717) is 6.61 Å². The van der Waals surface area contributed by atoms with Crippen molar-refractivity contribution in [2.45, 2.75) is 51.7 Å². The van der Waals surface area contributed by atoms with Crippen LogP contribution in [-0.2, 0) is 9.53 Å². The normalized spacial score (nSPS) is 20.9. The molecule has 0 saturated carbocycles. The number of carbonyl (C=O) groups is 1. The van der Waals surface area contributed by atoms with E-state index in [-0.39, 0.29) is 10.7 Å². The van der Waals surface area contributed by atoms with E-state index in [9.17, 15) is 4.79 Å². The molecule has 0 aromatic carbocycles. The van der Waals surface area contributed by atoms with Gasteiger partial charge in [-0.1, -0.05) is 18.6 Å². The van der Waals surface area contributed by atoms with Gasteiger partial charge in [-0.05, 0) is 39.0 Å². The van der Waals surface area contributed by atoms with Crippen LogP contribution in [0.2, 0.25) is 0 Å². The average Bonchev–Trinajstić information content (AvgIpc) is 2.25. The number of rotatable bonds is 5. The van der Waals surface area contributed by atoms with Gasteiger partial charge in [-0.15, -0.1) is 11.8 Å². The van der Waals surface area contributed by atoms with E-state index < -0.39 is 0 Å². The van der Waals surface area contributed by atoms with Crippen LogP contribution < -0.4 is 0 Å². The molecule has 2 nitrogen and oxygen atoms in total. The smallest absolute Gasteiger partial charge is 0.302 e. The molecule has 0 aliphatic heterocycles. The van der Waals surface area contributed by atoms with Gasteiger partial charge in [-0.25, -0.2) is 0 Å². The topological polar surface area (TPSA) is 26.3 Å². The fourth-order valence-corrected chi connectivity index (χ4v) is 3.13. The summed E-state index contributed by atoms with van der Waals surface area (Å²) in [5.74, 6) is 1.52. The molecule has 17 heavy (non-hydrogen) atoms. The van der Waals surface area contributed by atoms with Crippen molar-refractivity contribution in [3.05, 3.63) is 11.6 Å². The van der Waals surface area contributed by atoms with Gasteiger partial charge >= 0.3 is 5.97 Å². The first-order chi connectivity index (χ1) is 7.92. The molecule has 3 heteroatoms. The first-order valence-corrected chi connectivity index (χ1v) is 7.37. The highest BCUT2D eigenvalue weighted by Crippen LogP contribution is 2.38. The highest BCUT2D eigenvalue weighted by atomic mass is 32.2. The Kier molecular flexibility index (Phi) is 5.57.